The normalized spacial score (nSPS) is 12.1. The Labute approximate surface area is 137 Å². The summed E-state index contributed by atoms with van der Waals surface area (Å²) >= 11 is 1.35. The molecule has 0 saturated heterocycles. The topological polar surface area (TPSA) is 75.4 Å². The van der Waals surface area contributed by atoms with Crippen molar-refractivity contribution in [2.24, 2.45) is 0 Å². The molecule has 0 spiro atoms. The maximum atomic E-state index is 12.3. The molecule has 3 aromatic rings. The standard InChI is InChI=1S/C17H16N2O3S/c1-11-7-8-15(22-11)17-19-14(10-23-17)16(21)18-13(9-20)12-5-3-2-4-6-12/h2-8,10,13,20H,9H2,1H3,(H,18,21). The number of benzene rings is 1. The minimum absolute atomic E-state index is 0.176. The zero-order valence-corrected chi connectivity index (χ0v) is 13.3. The van der Waals surface area contributed by atoms with Crippen molar-refractivity contribution in [2.45, 2.75) is 13.0 Å². The van der Waals surface area contributed by atoms with E-state index >= 15 is 0 Å². The minimum Gasteiger partial charge on any atom is -0.459 e. The zero-order chi connectivity index (χ0) is 16.2. The van der Waals surface area contributed by atoms with E-state index in [0.717, 1.165) is 11.3 Å². The van der Waals surface area contributed by atoms with Crippen molar-refractivity contribution in [1.82, 2.24) is 10.3 Å². The van der Waals surface area contributed by atoms with Gasteiger partial charge in [0.05, 0.1) is 12.6 Å². The van der Waals surface area contributed by atoms with Gasteiger partial charge >= 0.3 is 0 Å². The highest BCUT2D eigenvalue weighted by Gasteiger charge is 2.18. The summed E-state index contributed by atoms with van der Waals surface area (Å²) in [5, 5.41) is 14.6. The van der Waals surface area contributed by atoms with E-state index in [-0.39, 0.29) is 12.5 Å². The van der Waals surface area contributed by atoms with Crippen molar-refractivity contribution in [3.63, 3.8) is 0 Å². The number of carbonyl (C=O) groups is 1. The summed E-state index contributed by atoms with van der Waals surface area (Å²) in [5.74, 6) is 1.12. The van der Waals surface area contributed by atoms with Crippen LogP contribution in [0.4, 0.5) is 0 Å². The minimum atomic E-state index is -0.459. The molecule has 1 unspecified atom stereocenters. The number of furan rings is 1. The van der Waals surface area contributed by atoms with Gasteiger partial charge in [-0.15, -0.1) is 11.3 Å². The van der Waals surface area contributed by atoms with Gasteiger partial charge in [-0.1, -0.05) is 30.3 Å². The molecule has 0 saturated carbocycles. The van der Waals surface area contributed by atoms with E-state index in [0.29, 0.717) is 16.5 Å². The van der Waals surface area contributed by atoms with Gasteiger partial charge in [-0.05, 0) is 24.6 Å². The highest BCUT2D eigenvalue weighted by Crippen LogP contribution is 2.25. The summed E-state index contributed by atoms with van der Waals surface area (Å²) in [5.41, 5.74) is 1.16. The highest BCUT2D eigenvalue weighted by molar-refractivity contribution is 7.13. The first-order valence-electron chi connectivity index (χ1n) is 7.16. The van der Waals surface area contributed by atoms with Gasteiger partial charge in [0.1, 0.15) is 11.5 Å². The summed E-state index contributed by atoms with van der Waals surface area (Å²) in [6.45, 7) is 1.68. The molecule has 1 aromatic carbocycles. The quantitative estimate of drug-likeness (QED) is 0.754. The van der Waals surface area contributed by atoms with Crippen LogP contribution in [0.25, 0.3) is 10.8 Å². The van der Waals surface area contributed by atoms with Crippen LogP contribution in [0.15, 0.2) is 52.3 Å². The van der Waals surface area contributed by atoms with Gasteiger partial charge in [0.15, 0.2) is 10.8 Å². The number of amides is 1. The van der Waals surface area contributed by atoms with Gasteiger partial charge in [0, 0.05) is 5.38 Å². The molecular formula is C17H16N2O3S. The lowest BCUT2D eigenvalue weighted by Gasteiger charge is -2.15. The molecule has 0 bridgehead atoms. The van der Waals surface area contributed by atoms with E-state index in [1.54, 1.807) is 5.38 Å². The highest BCUT2D eigenvalue weighted by atomic mass is 32.1. The second-order valence-corrected chi connectivity index (χ2v) is 5.93. The third-order valence-corrected chi connectivity index (χ3v) is 4.23. The van der Waals surface area contributed by atoms with Gasteiger partial charge in [-0.25, -0.2) is 4.98 Å². The van der Waals surface area contributed by atoms with Crippen LogP contribution in [0.2, 0.25) is 0 Å². The molecule has 2 heterocycles. The third-order valence-electron chi connectivity index (χ3n) is 3.38. The van der Waals surface area contributed by atoms with Crippen LogP contribution in [0.3, 0.4) is 0 Å². The van der Waals surface area contributed by atoms with Crippen LogP contribution in [-0.2, 0) is 0 Å². The third kappa shape index (κ3) is 3.49. The molecule has 3 rings (SSSR count). The molecule has 0 fully saturated rings. The molecular weight excluding hydrogens is 312 g/mol. The monoisotopic (exact) mass is 328 g/mol. The Bertz CT molecular complexity index is 795. The Morgan fingerprint density at radius 3 is 2.74 bits per heavy atom. The fourth-order valence-corrected chi connectivity index (χ4v) is 2.95. The largest absolute Gasteiger partial charge is 0.459 e. The molecule has 23 heavy (non-hydrogen) atoms. The van der Waals surface area contributed by atoms with Crippen LogP contribution < -0.4 is 5.32 Å². The first-order chi connectivity index (χ1) is 11.2. The molecule has 0 aliphatic carbocycles. The second-order valence-electron chi connectivity index (χ2n) is 5.07. The lowest BCUT2D eigenvalue weighted by atomic mass is 10.1. The Kier molecular flexibility index (Phi) is 4.55. The molecule has 6 heteroatoms. The first-order valence-corrected chi connectivity index (χ1v) is 8.04. The number of aryl methyl sites for hydroxylation is 1. The van der Waals surface area contributed by atoms with Gasteiger partial charge in [-0.3, -0.25) is 4.79 Å². The average Bonchev–Trinajstić information content (AvgIpc) is 3.22. The van der Waals surface area contributed by atoms with Crippen molar-refractivity contribution >= 4 is 17.2 Å². The summed E-state index contributed by atoms with van der Waals surface area (Å²) in [6.07, 6.45) is 0. The lowest BCUT2D eigenvalue weighted by Crippen LogP contribution is -2.30. The number of carbonyl (C=O) groups excluding carboxylic acids is 1. The number of nitrogens with one attached hydrogen (secondary N) is 1. The van der Waals surface area contributed by atoms with Crippen molar-refractivity contribution < 1.29 is 14.3 Å². The molecule has 0 aliphatic heterocycles. The Morgan fingerprint density at radius 1 is 1.30 bits per heavy atom. The number of aliphatic hydroxyl groups is 1. The fraction of sp³-hybridized carbons (Fsp3) is 0.176. The Hall–Kier alpha value is -2.44. The smallest absolute Gasteiger partial charge is 0.271 e. The predicted octanol–water partition coefficient (Wildman–Crippen LogP) is 3.17. The zero-order valence-electron chi connectivity index (χ0n) is 12.5. The number of aromatic nitrogens is 1. The lowest BCUT2D eigenvalue weighted by molar-refractivity contribution is 0.0912. The number of nitrogens with zero attached hydrogens (tertiary/aromatic N) is 1. The summed E-state index contributed by atoms with van der Waals surface area (Å²) < 4.78 is 5.51. The van der Waals surface area contributed by atoms with Crippen LogP contribution >= 0.6 is 11.3 Å². The molecule has 1 atom stereocenters. The second kappa shape index (κ2) is 6.76. The predicted molar refractivity (Wildman–Crippen MR) is 88.3 cm³/mol. The van der Waals surface area contributed by atoms with Gasteiger partial charge in [-0.2, -0.15) is 0 Å². The molecule has 1 amide bonds. The van der Waals surface area contributed by atoms with Crippen LogP contribution in [0.5, 0.6) is 0 Å². The van der Waals surface area contributed by atoms with E-state index in [4.69, 9.17) is 4.42 Å². The van der Waals surface area contributed by atoms with Gasteiger partial charge < -0.3 is 14.8 Å². The SMILES string of the molecule is Cc1ccc(-c2nc(C(=O)NC(CO)c3ccccc3)cs2)o1. The van der Waals surface area contributed by atoms with Crippen molar-refractivity contribution in [3.8, 4) is 10.8 Å². The maximum absolute atomic E-state index is 12.3. The molecule has 5 nitrogen and oxygen atoms in total. The Balaban J connectivity index is 1.74. The first kappa shape index (κ1) is 15.5. The van der Waals surface area contributed by atoms with Crippen molar-refractivity contribution in [1.29, 1.82) is 0 Å². The van der Waals surface area contributed by atoms with E-state index in [1.807, 2.05) is 49.4 Å². The summed E-state index contributed by atoms with van der Waals surface area (Å²) in [6, 6.07) is 12.6. The van der Waals surface area contributed by atoms with Gasteiger partial charge in [0.25, 0.3) is 5.91 Å². The summed E-state index contributed by atoms with van der Waals surface area (Å²) in [7, 11) is 0. The molecule has 0 aliphatic rings. The Morgan fingerprint density at radius 2 is 2.09 bits per heavy atom. The number of rotatable bonds is 5. The summed E-state index contributed by atoms with van der Waals surface area (Å²) in [4.78, 5) is 16.6. The van der Waals surface area contributed by atoms with Crippen LogP contribution in [0, 0.1) is 6.92 Å². The van der Waals surface area contributed by atoms with E-state index < -0.39 is 6.04 Å². The fourth-order valence-electron chi connectivity index (χ4n) is 2.19. The number of aliphatic hydroxyl groups excluding tert-OH is 1. The number of hydrogen-bond acceptors (Lipinski definition) is 5. The number of hydrogen-bond donors (Lipinski definition) is 2. The van der Waals surface area contributed by atoms with Gasteiger partial charge in [0.2, 0.25) is 0 Å². The molecule has 2 aromatic heterocycles. The van der Waals surface area contributed by atoms with Crippen LogP contribution in [-0.4, -0.2) is 22.6 Å². The maximum Gasteiger partial charge on any atom is 0.271 e. The van der Waals surface area contributed by atoms with Crippen molar-refractivity contribution in [2.75, 3.05) is 6.61 Å². The number of thiazole rings is 1. The average molecular weight is 328 g/mol. The van der Waals surface area contributed by atoms with E-state index in [1.165, 1.54) is 11.3 Å². The molecule has 0 radical (unpaired) electrons. The van der Waals surface area contributed by atoms with E-state index in [2.05, 4.69) is 10.3 Å². The van der Waals surface area contributed by atoms with E-state index in [9.17, 15) is 9.90 Å². The van der Waals surface area contributed by atoms with Crippen molar-refractivity contribution in [3.05, 3.63) is 64.9 Å². The molecule has 118 valence electrons. The van der Waals surface area contributed by atoms with Crippen LogP contribution in [0.1, 0.15) is 27.9 Å². The molecule has 2 N–H and O–H groups in total.